The molecule has 0 atom stereocenters. The highest BCUT2D eigenvalue weighted by Gasteiger charge is 2.20. The van der Waals surface area contributed by atoms with Crippen LogP contribution in [0.1, 0.15) is 28.7 Å². The van der Waals surface area contributed by atoms with Crippen molar-refractivity contribution in [3.05, 3.63) is 34.2 Å². The van der Waals surface area contributed by atoms with E-state index in [0.717, 1.165) is 5.56 Å². The van der Waals surface area contributed by atoms with Crippen molar-refractivity contribution in [2.45, 2.75) is 20.3 Å². The zero-order valence-corrected chi connectivity index (χ0v) is 11.4. The number of esters is 1. The number of carbonyl (C=O) groups is 1. The van der Waals surface area contributed by atoms with E-state index >= 15 is 0 Å². The molecule has 2 rings (SSSR count). The number of nitrogens with zero attached hydrogens (tertiary/aromatic N) is 3. The second kappa shape index (κ2) is 5.29. The van der Waals surface area contributed by atoms with Gasteiger partial charge in [-0.25, -0.2) is 9.78 Å². The van der Waals surface area contributed by atoms with Crippen LogP contribution >= 0.6 is 11.6 Å². The Labute approximate surface area is 115 Å². The number of rotatable bonds is 3. The van der Waals surface area contributed by atoms with Crippen LogP contribution in [0, 0.1) is 18.3 Å². The van der Waals surface area contributed by atoms with Crippen LogP contribution in [0.4, 0.5) is 0 Å². The molecule has 0 bridgehead atoms. The average molecular weight is 278 g/mol. The molecule has 0 aliphatic heterocycles. The van der Waals surface area contributed by atoms with Crippen LogP contribution in [0.2, 0.25) is 5.02 Å². The topological polar surface area (TPSA) is 67.4 Å². The van der Waals surface area contributed by atoms with Gasteiger partial charge in [0.05, 0.1) is 29.8 Å². The number of aromatic nitrogens is 2. The molecule has 0 aliphatic carbocycles. The van der Waals surface area contributed by atoms with E-state index in [1.165, 1.54) is 0 Å². The van der Waals surface area contributed by atoms with Gasteiger partial charge in [-0.15, -0.1) is 0 Å². The van der Waals surface area contributed by atoms with Crippen LogP contribution < -0.4 is 0 Å². The molecular formula is C13H12ClN3O2. The molecule has 0 saturated heterocycles. The maximum Gasteiger partial charge on any atom is 0.358 e. The fourth-order valence-corrected chi connectivity index (χ4v) is 2.18. The lowest BCUT2D eigenvalue weighted by molar-refractivity contribution is 0.0519. The molecule has 0 aliphatic rings. The van der Waals surface area contributed by atoms with Crippen molar-refractivity contribution >= 4 is 23.2 Å². The smallest absolute Gasteiger partial charge is 0.358 e. The first-order valence-electron chi connectivity index (χ1n) is 5.79. The Hall–Kier alpha value is -2.06. The highest BCUT2D eigenvalue weighted by molar-refractivity contribution is 6.30. The molecule has 0 aromatic carbocycles. The molecule has 2 aromatic heterocycles. The summed E-state index contributed by atoms with van der Waals surface area (Å²) in [6.07, 6.45) is 1.71. The zero-order valence-electron chi connectivity index (χ0n) is 10.6. The molecule has 6 heteroatoms. The van der Waals surface area contributed by atoms with E-state index in [-0.39, 0.29) is 18.7 Å². The van der Waals surface area contributed by atoms with Crippen LogP contribution in [0.15, 0.2) is 12.3 Å². The van der Waals surface area contributed by atoms with Crippen LogP contribution in [0.25, 0.3) is 5.65 Å². The summed E-state index contributed by atoms with van der Waals surface area (Å²) < 4.78 is 6.63. The Morgan fingerprint density at radius 1 is 1.63 bits per heavy atom. The first-order chi connectivity index (χ1) is 9.08. The van der Waals surface area contributed by atoms with Crippen molar-refractivity contribution in [3.8, 4) is 6.07 Å². The van der Waals surface area contributed by atoms with Gasteiger partial charge in [0.15, 0.2) is 5.69 Å². The van der Waals surface area contributed by atoms with Gasteiger partial charge in [0.2, 0.25) is 0 Å². The summed E-state index contributed by atoms with van der Waals surface area (Å²) in [5.74, 6) is -0.521. The van der Waals surface area contributed by atoms with Crippen LogP contribution in [0.3, 0.4) is 0 Å². The second-order valence-electron chi connectivity index (χ2n) is 4.00. The Balaban J connectivity index is 2.70. The van der Waals surface area contributed by atoms with Crippen molar-refractivity contribution in [3.63, 3.8) is 0 Å². The van der Waals surface area contributed by atoms with Crippen LogP contribution in [-0.4, -0.2) is 22.0 Å². The van der Waals surface area contributed by atoms with Crippen LogP contribution in [0.5, 0.6) is 0 Å². The summed E-state index contributed by atoms with van der Waals surface area (Å²) in [4.78, 5) is 16.1. The van der Waals surface area contributed by atoms with Crippen LogP contribution in [-0.2, 0) is 11.2 Å². The van der Waals surface area contributed by atoms with E-state index in [2.05, 4.69) is 4.98 Å². The van der Waals surface area contributed by atoms with Gasteiger partial charge < -0.3 is 9.14 Å². The highest BCUT2D eigenvalue weighted by atomic mass is 35.5. The SMILES string of the molecule is CCOC(=O)c1nc2c(C)cc(Cl)cn2c1CC#N. The Morgan fingerprint density at radius 2 is 2.37 bits per heavy atom. The van der Waals surface area contributed by atoms with E-state index in [0.29, 0.717) is 16.4 Å². The fourth-order valence-electron chi connectivity index (χ4n) is 1.92. The number of hydrogen-bond donors (Lipinski definition) is 0. The standard InChI is InChI=1S/C13H12ClN3O2/c1-3-19-13(18)11-10(4-5-15)17-7-9(14)6-8(2)12(17)16-11/h6-7H,3-4H2,1-2H3. The number of carbonyl (C=O) groups excluding carboxylic acids is 1. The number of aryl methyl sites for hydroxylation is 1. The number of imidazole rings is 1. The second-order valence-corrected chi connectivity index (χ2v) is 4.43. The molecule has 2 aromatic rings. The molecule has 2 heterocycles. The number of fused-ring (bicyclic) bond motifs is 1. The Kier molecular flexibility index (Phi) is 3.72. The summed E-state index contributed by atoms with van der Waals surface area (Å²) in [7, 11) is 0. The number of nitriles is 1. The normalized spacial score (nSPS) is 10.4. The van der Waals surface area contributed by atoms with E-state index in [4.69, 9.17) is 21.6 Å². The van der Waals surface area contributed by atoms with Crippen molar-refractivity contribution in [1.29, 1.82) is 5.26 Å². The maximum atomic E-state index is 11.9. The van der Waals surface area contributed by atoms with Gasteiger partial charge in [-0.05, 0) is 25.5 Å². The molecule has 5 nitrogen and oxygen atoms in total. The predicted molar refractivity (Wildman–Crippen MR) is 70.2 cm³/mol. The van der Waals surface area contributed by atoms with Crippen molar-refractivity contribution in [2.24, 2.45) is 0 Å². The molecule has 0 radical (unpaired) electrons. The molecule has 0 amide bonds. The van der Waals surface area contributed by atoms with E-state index in [1.54, 1.807) is 23.6 Å². The number of pyridine rings is 1. The molecule has 0 saturated carbocycles. The Bertz CT molecular complexity index is 685. The fraction of sp³-hybridized carbons (Fsp3) is 0.308. The minimum atomic E-state index is -0.521. The van der Waals surface area contributed by atoms with E-state index in [1.807, 2.05) is 13.0 Å². The predicted octanol–water partition coefficient (Wildman–Crippen LogP) is 2.54. The third-order valence-corrected chi connectivity index (χ3v) is 2.89. The van der Waals surface area contributed by atoms with E-state index < -0.39 is 5.97 Å². The van der Waals surface area contributed by atoms with E-state index in [9.17, 15) is 4.79 Å². The van der Waals surface area contributed by atoms with Crippen molar-refractivity contribution in [2.75, 3.05) is 6.61 Å². The van der Waals surface area contributed by atoms with Gasteiger partial charge in [-0.3, -0.25) is 0 Å². The summed E-state index contributed by atoms with van der Waals surface area (Å²) in [6.45, 7) is 3.83. The molecule has 19 heavy (non-hydrogen) atoms. The summed E-state index contributed by atoms with van der Waals surface area (Å²) in [5, 5.41) is 9.42. The lowest BCUT2D eigenvalue weighted by atomic mass is 10.2. The monoisotopic (exact) mass is 277 g/mol. The van der Waals surface area contributed by atoms with Gasteiger partial charge >= 0.3 is 5.97 Å². The first kappa shape index (κ1) is 13.4. The minimum absolute atomic E-state index is 0.0646. The summed E-state index contributed by atoms with van der Waals surface area (Å²) in [5.41, 5.74) is 2.12. The van der Waals surface area contributed by atoms with Gasteiger partial charge in [-0.1, -0.05) is 11.6 Å². The zero-order chi connectivity index (χ0) is 14.0. The molecule has 0 fully saturated rings. The maximum absolute atomic E-state index is 11.9. The molecule has 0 N–H and O–H groups in total. The molecule has 0 unspecified atom stereocenters. The highest BCUT2D eigenvalue weighted by Crippen LogP contribution is 2.21. The number of ether oxygens (including phenoxy) is 1. The lowest BCUT2D eigenvalue weighted by Gasteiger charge is -2.02. The lowest BCUT2D eigenvalue weighted by Crippen LogP contribution is -2.08. The third-order valence-electron chi connectivity index (χ3n) is 2.68. The average Bonchev–Trinajstić information content (AvgIpc) is 2.70. The molecule has 0 spiro atoms. The molecule has 98 valence electrons. The first-order valence-corrected chi connectivity index (χ1v) is 6.17. The van der Waals surface area contributed by atoms with Gasteiger partial charge in [0.25, 0.3) is 0 Å². The third kappa shape index (κ3) is 2.40. The quantitative estimate of drug-likeness (QED) is 0.809. The van der Waals surface area contributed by atoms with Gasteiger partial charge in [0, 0.05) is 6.20 Å². The summed E-state index contributed by atoms with van der Waals surface area (Å²) >= 11 is 6.00. The Morgan fingerprint density at radius 3 is 3.00 bits per heavy atom. The number of hydrogen-bond acceptors (Lipinski definition) is 4. The van der Waals surface area contributed by atoms with Gasteiger partial charge in [-0.2, -0.15) is 5.26 Å². The number of halogens is 1. The van der Waals surface area contributed by atoms with Crippen molar-refractivity contribution < 1.29 is 9.53 Å². The molecular weight excluding hydrogens is 266 g/mol. The minimum Gasteiger partial charge on any atom is -0.461 e. The summed E-state index contributed by atoms with van der Waals surface area (Å²) in [6, 6.07) is 3.79. The van der Waals surface area contributed by atoms with Gasteiger partial charge in [0.1, 0.15) is 5.65 Å². The largest absolute Gasteiger partial charge is 0.461 e. The van der Waals surface area contributed by atoms with Crippen molar-refractivity contribution in [1.82, 2.24) is 9.38 Å².